The first-order valence-electron chi connectivity index (χ1n) is 8.73. The van der Waals surface area contributed by atoms with Crippen LogP contribution in [0.25, 0.3) is 11.0 Å². The van der Waals surface area contributed by atoms with E-state index < -0.39 is 4.92 Å². The fraction of sp³-hybridized carbons (Fsp3) is 0.0476. The number of nitrogens with one attached hydrogen (secondary N) is 1. The summed E-state index contributed by atoms with van der Waals surface area (Å²) in [5, 5.41) is 15.0. The second-order valence-corrected chi connectivity index (χ2v) is 6.21. The van der Waals surface area contributed by atoms with Gasteiger partial charge in [0.15, 0.2) is 0 Å². The van der Waals surface area contributed by atoms with Gasteiger partial charge in [-0.2, -0.15) is 5.10 Å². The lowest BCUT2D eigenvalue weighted by atomic mass is 10.2. The van der Waals surface area contributed by atoms with Crippen molar-refractivity contribution in [1.29, 1.82) is 0 Å². The van der Waals surface area contributed by atoms with Gasteiger partial charge < -0.3 is 4.57 Å². The highest BCUT2D eigenvalue weighted by Gasteiger charge is 2.10. The van der Waals surface area contributed by atoms with E-state index in [1.165, 1.54) is 12.1 Å². The molecule has 0 aliphatic rings. The fourth-order valence-electron chi connectivity index (χ4n) is 2.93. The zero-order chi connectivity index (χ0) is 19.3. The van der Waals surface area contributed by atoms with E-state index in [0.717, 1.165) is 22.2 Å². The van der Waals surface area contributed by atoms with Crippen molar-refractivity contribution in [3.63, 3.8) is 0 Å². The van der Waals surface area contributed by atoms with E-state index in [4.69, 9.17) is 0 Å². The van der Waals surface area contributed by atoms with Crippen LogP contribution in [0.1, 0.15) is 11.1 Å². The van der Waals surface area contributed by atoms with Crippen molar-refractivity contribution in [2.24, 2.45) is 5.10 Å². The Kier molecular flexibility index (Phi) is 4.79. The summed E-state index contributed by atoms with van der Waals surface area (Å²) < 4.78 is 2.07. The molecule has 0 unspecified atom stereocenters. The van der Waals surface area contributed by atoms with E-state index in [1.807, 2.05) is 42.5 Å². The SMILES string of the molecule is O=[N+]([O-])c1ccc(/C=N/Nc2nc3ccccc3n2Cc2ccccc2)cc1. The number of fused-ring (bicyclic) bond motifs is 1. The number of aromatic nitrogens is 2. The third-order valence-corrected chi connectivity index (χ3v) is 4.32. The van der Waals surface area contributed by atoms with Gasteiger partial charge in [-0.3, -0.25) is 10.1 Å². The van der Waals surface area contributed by atoms with Crippen molar-refractivity contribution in [3.05, 3.63) is 100 Å². The van der Waals surface area contributed by atoms with E-state index in [-0.39, 0.29) is 5.69 Å². The Morgan fingerprint density at radius 2 is 1.71 bits per heavy atom. The zero-order valence-electron chi connectivity index (χ0n) is 14.9. The molecular formula is C21H17N5O2. The second kappa shape index (κ2) is 7.71. The van der Waals surface area contributed by atoms with Crippen LogP contribution in [0.2, 0.25) is 0 Å². The van der Waals surface area contributed by atoms with Gasteiger partial charge in [0.2, 0.25) is 5.95 Å². The number of non-ortho nitro benzene ring substituents is 1. The van der Waals surface area contributed by atoms with E-state index in [9.17, 15) is 10.1 Å². The third-order valence-electron chi connectivity index (χ3n) is 4.32. The molecule has 138 valence electrons. The van der Waals surface area contributed by atoms with Gasteiger partial charge in [0.05, 0.1) is 28.7 Å². The number of nitro groups is 1. The molecule has 0 spiro atoms. The predicted molar refractivity (Wildman–Crippen MR) is 110 cm³/mol. The van der Waals surface area contributed by atoms with Gasteiger partial charge in [-0.05, 0) is 35.4 Å². The number of anilines is 1. The molecule has 0 bridgehead atoms. The van der Waals surface area contributed by atoms with Crippen LogP contribution in [-0.2, 0) is 6.54 Å². The molecule has 4 rings (SSSR count). The van der Waals surface area contributed by atoms with Gasteiger partial charge in [0, 0.05) is 12.1 Å². The Bertz CT molecular complexity index is 1130. The molecule has 7 heteroatoms. The average Bonchev–Trinajstić information content (AvgIpc) is 3.07. The Morgan fingerprint density at radius 3 is 2.46 bits per heavy atom. The highest BCUT2D eigenvalue weighted by atomic mass is 16.6. The summed E-state index contributed by atoms with van der Waals surface area (Å²) in [4.78, 5) is 14.9. The van der Waals surface area contributed by atoms with Gasteiger partial charge in [-0.15, -0.1) is 0 Å². The highest BCUT2D eigenvalue weighted by Crippen LogP contribution is 2.21. The van der Waals surface area contributed by atoms with Crippen molar-refractivity contribution >= 4 is 28.9 Å². The number of benzene rings is 3. The lowest BCUT2D eigenvalue weighted by Gasteiger charge is -2.08. The Hall–Kier alpha value is -4.00. The molecule has 0 aliphatic carbocycles. The summed E-state index contributed by atoms with van der Waals surface area (Å²) in [7, 11) is 0. The molecule has 0 atom stereocenters. The van der Waals surface area contributed by atoms with Crippen LogP contribution < -0.4 is 5.43 Å². The first-order chi connectivity index (χ1) is 13.7. The minimum atomic E-state index is -0.425. The molecule has 1 heterocycles. The monoisotopic (exact) mass is 371 g/mol. The van der Waals surface area contributed by atoms with Crippen LogP contribution >= 0.6 is 0 Å². The maximum absolute atomic E-state index is 10.7. The largest absolute Gasteiger partial charge is 0.304 e. The summed E-state index contributed by atoms with van der Waals surface area (Å²) >= 11 is 0. The molecule has 0 radical (unpaired) electrons. The minimum absolute atomic E-state index is 0.0507. The van der Waals surface area contributed by atoms with Crippen LogP contribution in [0, 0.1) is 10.1 Å². The van der Waals surface area contributed by atoms with Crippen LogP contribution in [0.4, 0.5) is 11.6 Å². The van der Waals surface area contributed by atoms with Gasteiger partial charge >= 0.3 is 0 Å². The minimum Gasteiger partial charge on any atom is -0.304 e. The number of rotatable bonds is 6. The van der Waals surface area contributed by atoms with Crippen molar-refractivity contribution < 1.29 is 4.92 Å². The van der Waals surface area contributed by atoms with Crippen LogP contribution in [0.3, 0.4) is 0 Å². The summed E-state index contributed by atoms with van der Waals surface area (Å²) in [6.45, 7) is 0.663. The van der Waals surface area contributed by atoms with E-state index >= 15 is 0 Å². The quantitative estimate of drug-likeness (QED) is 0.308. The standard InChI is InChI=1S/C21H17N5O2/c27-26(28)18-12-10-16(11-13-18)14-22-24-21-23-19-8-4-5-9-20(19)25(21)15-17-6-2-1-3-7-17/h1-14H,15H2,(H,23,24)/b22-14+. The molecule has 4 aromatic rings. The number of nitro benzene ring substituents is 1. The van der Waals surface area contributed by atoms with Gasteiger partial charge in [-0.25, -0.2) is 10.4 Å². The fourth-order valence-corrected chi connectivity index (χ4v) is 2.93. The lowest BCUT2D eigenvalue weighted by molar-refractivity contribution is -0.384. The molecule has 0 saturated carbocycles. The number of para-hydroxylation sites is 2. The number of nitrogens with zero attached hydrogens (tertiary/aromatic N) is 4. The van der Waals surface area contributed by atoms with Crippen molar-refractivity contribution in [1.82, 2.24) is 9.55 Å². The van der Waals surface area contributed by atoms with Crippen molar-refractivity contribution in [3.8, 4) is 0 Å². The van der Waals surface area contributed by atoms with E-state index in [1.54, 1.807) is 18.3 Å². The van der Waals surface area contributed by atoms with Crippen molar-refractivity contribution in [2.75, 3.05) is 5.43 Å². The third kappa shape index (κ3) is 3.73. The first-order valence-corrected chi connectivity index (χ1v) is 8.73. The summed E-state index contributed by atoms with van der Waals surface area (Å²) in [5.74, 6) is 0.628. The predicted octanol–water partition coefficient (Wildman–Crippen LogP) is 4.44. The van der Waals surface area contributed by atoms with Crippen LogP contribution in [0.15, 0.2) is 84.0 Å². The summed E-state index contributed by atoms with van der Waals surface area (Å²) in [6.07, 6.45) is 1.61. The Morgan fingerprint density at radius 1 is 1.00 bits per heavy atom. The van der Waals surface area contributed by atoms with Crippen LogP contribution in [-0.4, -0.2) is 20.7 Å². The van der Waals surface area contributed by atoms with E-state index in [2.05, 4.69) is 32.2 Å². The Balaban J connectivity index is 1.59. The average molecular weight is 371 g/mol. The van der Waals surface area contributed by atoms with Crippen molar-refractivity contribution in [2.45, 2.75) is 6.54 Å². The number of hydrazone groups is 1. The van der Waals surface area contributed by atoms with Gasteiger partial charge in [0.25, 0.3) is 5.69 Å². The smallest absolute Gasteiger partial charge is 0.269 e. The molecule has 1 N–H and O–H groups in total. The van der Waals surface area contributed by atoms with Crippen LogP contribution in [0.5, 0.6) is 0 Å². The molecule has 3 aromatic carbocycles. The maximum Gasteiger partial charge on any atom is 0.269 e. The summed E-state index contributed by atoms with van der Waals surface area (Å²) in [6, 6.07) is 24.3. The first kappa shape index (κ1) is 17.4. The molecule has 0 saturated heterocycles. The van der Waals surface area contributed by atoms with Gasteiger partial charge in [-0.1, -0.05) is 42.5 Å². The normalized spacial score (nSPS) is 11.1. The molecule has 1 aromatic heterocycles. The number of hydrogen-bond donors (Lipinski definition) is 1. The number of hydrogen-bond acceptors (Lipinski definition) is 5. The second-order valence-electron chi connectivity index (χ2n) is 6.21. The summed E-state index contributed by atoms with van der Waals surface area (Å²) in [5.41, 5.74) is 6.86. The van der Waals surface area contributed by atoms with Gasteiger partial charge in [0.1, 0.15) is 0 Å². The molecule has 28 heavy (non-hydrogen) atoms. The number of imidazole rings is 1. The molecule has 7 nitrogen and oxygen atoms in total. The van der Waals surface area contributed by atoms with E-state index in [0.29, 0.717) is 12.5 Å². The molecule has 0 fully saturated rings. The zero-order valence-corrected chi connectivity index (χ0v) is 14.9. The Labute approximate surface area is 161 Å². The highest BCUT2D eigenvalue weighted by molar-refractivity contribution is 5.81. The topological polar surface area (TPSA) is 85.3 Å². The lowest BCUT2D eigenvalue weighted by Crippen LogP contribution is -2.05. The molecule has 0 aliphatic heterocycles. The molecular weight excluding hydrogens is 354 g/mol. The maximum atomic E-state index is 10.7. The molecule has 0 amide bonds.